The van der Waals surface area contributed by atoms with Gasteiger partial charge in [-0.1, -0.05) is 38.0 Å². The minimum absolute atomic E-state index is 0.0133. The van der Waals surface area contributed by atoms with E-state index in [4.69, 9.17) is 11.5 Å². The number of nitrogens with two attached hydrogens (primary N) is 2. The lowest BCUT2D eigenvalue weighted by Crippen LogP contribution is -2.17. The van der Waals surface area contributed by atoms with E-state index in [9.17, 15) is 13.2 Å². The maximum absolute atomic E-state index is 11.7. The van der Waals surface area contributed by atoms with E-state index >= 15 is 0 Å². The molecule has 1 rings (SSSR count). The topological polar surface area (TPSA) is 103 Å². The normalized spacial score (nSPS) is 10.4. The van der Waals surface area contributed by atoms with Crippen molar-refractivity contribution < 1.29 is 13.2 Å². The number of carbonyl (C=O) groups excluding carboxylic acids is 1. The summed E-state index contributed by atoms with van der Waals surface area (Å²) in [5.74, 6) is -0.963. The molecule has 0 radical (unpaired) electrons. The molecule has 0 heterocycles. The van der Waals surface area contributed by atoms with Gasteiger partial charge in [0.15, 0.2) is 9.84 Å². The van der Waals surface area contributed by atoms with Gasteiger partial charge >= 0.3 is 0 Å². The maximum Gasteiger partial charge on any atom is 0.250 e. The van der Waals surface area contributed by atoms with Crippen molar-refractivity contribution in [2.24, 2.45) is 11.5 Å². The Hall–Kier alpha value is -1.66. The quantitative estimate of drug-likeness (QED) is 0.592. The number of hydrogen-bond donors (Lipinski definition) is 2. The van der Waals surface area contributed by atoms with Crippen molar-refractivity contribution in [2.45, 2.75) is 31.1 Å². The predicted octanol–water partition coefficient (Wildman–Crippen LogP) is 1.88. The Morgan fingerprint density at radius 2 is 1.90 bits per heavy atom. The van der Waals surface area contributed by atoms with Gasteiger partial charge in [-0.15, -0.1) is 6.58 Å². The Labute approximate surface area is 126 Å². The van der Waals surface area contributed by atoms with Crippen molar-refractivity contribution in [3.8, 4) is 0 Å². The van der Waals surface area contributed by atoms with Crippen molar-refractivity contribution in [3.63, 3.8) is 0 Å². The molecule has 0 saturated heterocycles. The molecular weight excluding hydrogens is 288 g/mol. The summed E-state index contributed by atoms with van der Waals surface area (Å²) in [4.78, 5) is 11.0. The van der Waals surface area contributed by atoms with Gasteiger partial charge in [-0.2, -0.15) is 0 Å². The third kappa shape index (κ3) is 7.06. The molecule has 5 nitrogen and oxygen atoms in total. The van der Waals surface area contributed by atoms with Gasteiger partial charge in [-0.05, 0) is 25.1 Å². The lowest BCUT2D eigenvalue weighted by molar-refractivity contribution is 0.0997. The van der Waals surface area contributed by atoms with Crippen molar-refractivity contribution >= 4 is 15.7 Å². The minimum atomic E-state index is -3.50. The van der Waals surface area contributed by atoms with Gasteiger partial charge < -0.3 is 11.5 Å². The summed E-state index contributed by atoms with van der Waals surface area (Å²) in [6.45, 7) is 6.38. The number of rotatable bonds is 7. The smallest absolute Gasteiger partial charge is 0.250 e. The van der Waals surface area contributed by atoms with Crippen molar-refractivity contribution in [1.82, 2.24) is 0 Å². The van der Waals surface area contributed by atoms with Crippen LogP contribution in [0.1, 0.15) is 36.5 Å². The highest BCUT2D eigenvalue weighted by atomic mass is 32.2. The molecule has 0 aliphatic heterocycles. The molecular formula is C15H24N2O3S. The molecule has 0 spiro atoms. The van der Waals surface area contributed by atoms with Crippen molar-refractivity contribution in [1.29, 1.82) is 0 Å². The van der Waals surface area contributed by atoms with E-state index in [0.717, 1.165) is 6.54 Å². The molecule has 6 heteroatoms. The third-order valence-electron chi connectivity index (χ3n) is 2.63. The molecule has 0 unspecified atom stereocenters. The van der Waals surface area contributed by atoms with Gasteiger partial charge in [-0.3, -0.25) is 4.79 Å². The highest BCUT2D eigenvalue weighted by molar-refractivity contribution is 7.91. The fourth-order valence-corrected chi connectivity index (χ4v) is 2.86. The van der Waals surface area contributed by atoms with E-state index in [1.807, 2.05) is 0 Å². The summed E-state index contributed by atoms with van der Waals surface area (Å²) in [6, 6.07) is 5.85. The summed E-state index contributed by atoms with van der Waals surface area (Å²) in [7, 11) is -3.50. The highest BCUT2D eigenvalue weighted by Gasteiger charge is 2.18. The monoisotopic (exact) mass is 312 g/mol. The number of amides is 1. The predicted molar refractivity (Wildman–Crippen MR) is 85.8 cm³/mol. The van der Waals surface area contributed by atoms with Crippen LogP contribution in [0.15, 0.2) is 41.8 Å². The average molecular weight is 312 g/mol. The van der Waals surface area contributed by atoms with Gasteiger partial charge in [0.2, 0.25) is 5.91 Å². The van der Waals surface area contributed by atoms with E-state index in [-0.39, 0.29) is 16.2 Å². The van der Waals surface area contributed by atoms with Crippen LogP contribution in [-0.2, 0) is 9.84 Å². The maximum atomic E-state index is 11.7. The number of unbranched alkanes of at least 4 members (excludes halogenated alkanes) is 2. The van der Waals surface area contributed by atoms with Gasteiger partial charge in [-0.25, -0.2) is 8.42 Å². The first-order chi connectivity index (χ1) is 9.90. The van der Waals surface area contributed by atoms with Gasteiger partial charge in [0.25, 0.3) is 0 Å². The highest BCUT2D eigenvalue weighted by Crippen LogP contribution is 2.16. The third-order valence-corrected chi connectivity index (χ3v) is 4.33. The molecule has 0 fully saturated rings. The van der Waals surface area contributed by atoms with Crippen LogP contribution in [-0.4, -0.2) is 26.6 Å². The van der Waals surface area contributed by atoms with Gasteiger partial charge in [0, 0.05) is 0 Å². The number of benzene rings is 1. The molecule has 4 N–H and O–H groups in total. The van der Waals surface area contributed by atoms with E-state index < -0.39 is 15.7 Å². The van der Waals surface area contributed by atoms with Gasteiger partial charge in [0.05, 0.1) is 16.2 Å². The molecule has 21 heavy (non-hydrogen) atoms. The summed E-state index contributed by atoms with van der Waals surface area (Å²) in [5.41, 5.74) is 10.3. The summed E-state index contributed by atoms with van der Waals surface area (Å²) in [6.07, 6.45) is 5.03. The van der Waals surface area contributed by atoms with E-state index in [1.54, 1.807) is 12.1 Å². The van der Waals surface area contributed by atoms with Crippen LogP contribution in [0.3, 0.4) is 0 Å². The van der Waals surface area contributed by atoms with Crippen LogP contribution < -0.4 is 11.5 Å². The van der Waals surface area contributed by atoms with Crippen LogP contribution in [0.5, 0.6) is 0 Å². The Bertz CT molecular complexity index is 550. The van der Waals surface area contributed by atoms with Crippen LogP contribution in [0, 0.1) is 0 Å². The second-order valence-electron chi connectivity index (χ2n) is 4.43. The lowest BCUT2D eigenvalue weighted by Gasteiger charge is -2.05. The van der Waals surface area contributed by atoms with Crippen LogP contribution in [0.4, 0.5) is 0 Å². The summed E-state index contributed by atoms with van der Waals surface area (Å²) < 4.78 is 23.4. The number of primary amides is 1. The largest absolute Gasteiger partial charge is 0.366 e. The minimum Gasteiger partial charge on any atom is -0.366 e. The van der Waals surface area contributed by atoms with E-state index in [1.165, 1.54) is 37.5 Å². The Kier molecular flexibility index (Phi) is 9.32. The molecule has 0 bridgehead atoms. The first-order valence-electron chi connectivity index (χ1n) is 6.83. The zero-order valence-electron chi connectivity index (χ0n) is 12.4. The first kappa shape index (κ1) is 19.3. The fourth-order valence-electron chi connectivity index (χ4n) is 1.58. The van der Waals surface area contributed by atoms with Crippen molar-refractivity contribution in [3.05, 3.63) is 42.5 Å². The fraction of sp³-hybridized carbons (Fsp3) is 0.400. The van der Waals surface area contributed by atoms with E-state index in [0.29, 0.717) is 0 Å². The number of carbonyl (C=O) groups is 1. The lowest BCUT2D eigenvalue weighted by atomic mass is 10.2. The second kappa shape index (κ2) is 10.1. The summed E-state index contributed by atoms with van der Waals surface area (Å²) in [5, 5.41) is 0. The Morgan fingerprint density at radius 3 is 2.33 bits per heavy atom. The summed E-state index contributed by atoms with van der Waals surface area (Å²) >= 11 is 0. The number of sulfone groups is 1. The van der Waals surface area contributed by atoms with Crippen LogP contribution in [0.2, 0.25) is 0 Å². The molecule has 0 aromatic heterocycles. The SMILES string of the molecule is C=CCS(=O)(=O)c1ccccc1C(N)=O.CCCCCN. The van der Waals surface area contributed by atoms with Crippen molar-refractivity contribution in [2.75, 3.05) is 12.3 Å². The molecule has 1 aromatic carbocycles. The molecule has 0 saturated carbocycles. The van der Waals surface area contributed by atoms with Gasteiger partial charge in [0.1, 0.15) is 0 Å². The molecule has 1 aromatic rings. The molecule has 0 aliphatic rings. The zero-order chi connectivity index (χ0) is 16.3. The molecule has 118 valence electrons. The Morgan fingerprint density at radius 1 is 1.29 bits per heavy atom. The first-order valence-corrected chi connectivity index (χ1v) is 8.48. The second-order valence-corrected chi connectivity index (χ2v) is 6.43. The van der Waals surface area contributed by atoms with E-state index in [2.05, 4.69) is 13.5 Å². The Balaban J connectivity index is 0.000000567. The standard InChI is InChI=1S/C10H11NO3S.C5H13N/c1-2-7-15(13,14)9-6-4-3-5-8(9)10(11)12;1-2-3-4-5-6/h2-6H,1,7H2,(H2,11,12);2-6H2,1H3. The van der Waals surface area contributed by atoms with Crippen LogP contribution >= 0.6 is 0 Å². The molecule has 1 amide bonds. The number of hydrogen-bond acceptors (Lipinski definition) is 4. The average Bonchev–Trinajstić information content (AvgIpc) is 2.45. The molecule has 0 aliphatic carbocycles. The molecule has 0 atom stereocenters. The zero-order valence-corrected chi connectivity index (χ0v) is 13.2. The van der Waals surface area contributed by atoms with Crippen LogP contribution in [0.25, 0.3) is 0 Å².